The summed E-state index contributed by atoms with van der Waals surface area (Å²) in [5.41, 5.74) is -1.22. The van der Waals surface area contributed by atoms with Gasteiger partial charge in [0.15, 0.2) is 17.5 Å². The van der Waals surface area contributed by atoms with Gasteiger partial charge in [0.05, 0.1) is 6.07 Å². The van der Waals surface area contributed by atoms with E-state index < -0.39 is 28.9 Å². The average molecular weight is 268 g/mol. The molecule has 0 heterocycles. The fourth-order valence-corrected chi connectivity index (χ4v) is 2.10. The molecule has 1 aliphatic rings. The lowest BCUT2D eigenvalue weighted by atomic mass is 9.76. The number of nitriles is 1. The first-order valence-corrected chi connectivity index (χ1v) is 5.75. The van der Waals surface area contributed by atoms with Crippen molar-refractivity contribution in [2.75, 3.05) is 7.05 Å². The van der Waals surface area contributed by atoms with Crippen molar-refractivity contribution in [2.24, 2.45) is 0 Å². The van der Waals surface area contributed by atoms with Crippen LogP contribution >= 0.6 is 0 Å². The second-order valence-electron chi connectivity index (χ2n) is 4.61. The van der Waals surface area contributed by atoms with Gasteiger partial charge in [-0.25, -0.2) is 13.2 Å². The fourth-order valence-electron chi connectivity index (χ4n) is 2.10. The Kier molecular flexibility index (Phi) is 3.23. The number of hydrogen-bond donors (Lipinski definition) is 0. The molecule has 1 aliphatic carbocycles. The highest BCUT2D eigenvalue weighted by Gasteiger charge is 2.43. The van der Waals surface area contributed by atoms with Crippen LogP contribution in [0.15, 0.2) is 12.1 Å². The van der Waals surface area contributed by atoms with E-state index in [0.29, 0.717) is 25.0 Å². The SMILES string of the molecule is CN(C(=O)c1cc(F)c(F)c(F)c1)C1(C#N)CCC1. The van der Waals surface area contributed by atoms with Gasteiger partial charge in [0.1, 0.15) is 5.54 Å². The Labute approximate surface area is 108 Å². The standard InChI is InChI=1S/C13H11F3N2O/c1-18(13(7-17)3-2-4-13)12(19)8-5-9(14)11(16)10(15)6-8/h5-6H,2-4H2,1H3. The van der Waals surface area contributed by atoms with Crippen LogP contribution in [0.1, 0.15) is 29.6 Å². The molecular formula is C13H11F3N2O. The number of carbonyl (C=O) groups excluding carboxylic acids is 1. The summed E-state index contributed by atoms with van der Waals surface area (Å²) in [4.78, 5) is 13.2. The van der Waals surface area contributed by atoms with Crippen molar-refractivity contribution in [3.05, 3.63) is 35.1 Å². The van der Waals surface area contributed by atoms with Gasteiger partial charge in [-0.1, -0.05) is 0 Å². The van der Waals surface area contributed by atoms with Crippen LogP contribution in [0.4, 0.5) is 13.2 Å². The summed E-state index contributed by atoms with van der Waals surface area (Å²) in [5, 5.41) is 9.10. The molecule has 1 aromatic rings. The lowest BCUT2D eigenvalue weighted by Crippen LogP contribution is -2.53. The first-order valence-electron chi connectivity index (χ1n) is 5.75. The molecule has 0 radical (unpaired) electrons. The third-order valence-electron chi connectivity index (χ3n) is 3.57. The molecular weight excluding hydrogens is 257 g/mol. The second kappa shape index (κ2) is 4.57. The number of halogens is 3. The Hall–Kier alpha value is -2.03. The Morgan fingerprint density at radius 2 is 1.84 bits per heavy atom. The van der Waals surface area contributed by atoms with Gasteiger partial charge in [0.2, 0.25) is 0 Å². The normalized spacial score (nSPS) is 16.4. The van der Waals surface area contributed by atoms with Crippen LogP contribution in [-0.4, -0.2) is 23.4 Å². The number of rotatable bonds is 2. The van der Waals surface area contributed by atoms with Crippen molar-refractivity contribution >= 4 is 5.91 Å². The molecule has 0 unspecified atom stereocenters. The number of hydrogen-bond acceptors (Lipinski definition) is 2. The van der Waals surface area contributed by atoms with E-state index in [-0.39, 0.29) is 5.56 Å². The van der Waals surface area contributed by atoms with E-state index in [2.05, 4.69) is 0 Å². The van der Waals surface area contributed by atoms with Gasteiger partial charge in [-0.05, 0) is 31.4 Å². The molecule has 0 aliphatic heterocycles. The van der Waals surface area contributed by atoms with Crippen molar-refractivity contribution in [2.45, 2.75) is 24.8 Å². The number of carbonyl (C=O) groups is 1. The van der Waals surface area contributed by atoms with E-state index >= 15 is 0 Å². The number of nitrogens with zero attached hydrogens (tertiary/aromatic N) is 2. The van der Waals surface area contributed by atoms with E-state index in [1.807, 2.05) is 6.07 Å². The van der Waals surface area contributed by atoms with Gasteiger partial charge in [-0.15, -0.1) is 0 Å². The van der Waals surface area contributed by atoms with Crippen molar-refractivity contribution in [1.29, 1.82) is 5.26 Å². The van der Waals surface area contributed by atoms with Crippen molar-refractivity contribution in [3.8, 4) is 6.07 Å². The summed E-state index contributed by atoms with van der Waals surface area (Å²) in [6, 6.07) is 3.33. The third kappa shape index (κ3) is 2.05. The number of benzene rings is 1. The third-order valence-corrected chi connectivity index (χ3v) is 3.57. The van der Waals surface area contributed by atoms with Gasteiger partial charge in [-0.3, -0.25) is 4.79 Å². The summed E-state index contributed by atoms with van der Waals surface area (Å²) < 4.78 is 39.0. The van der Waals surface area contributed by atoms with Crippen molar-refractivity contribution in [3.63, 3.8) is 0 Å². The summed E-state index contributed by atoms with van der Waals surface area (Å²) in [6.45, 7) is 0. The monoisotopic (exact) mass is 268 g/mol. The molecule has 0 spiro atoms. The predicted octanol–water partition coefficient (Wildman–Crippen LogP) is 2.62. The highest BCUT2D eigenvalue weighted by Crippen LogP contribution is 2.37. The molecule has 0 aromatic heterocycles. The molecule has 0 N–H and O–H groups in total. The predicted molar refractivity (Wildman–Crippen MR) is 60.6 cm³/mol. The van der Waals surface area contributed by atoms with E-state index in [4.69, 9.17) is 5.26 Å². The minimum Gasteiger partial charge on any atom is -0.323 e. The van der Waals surface area contributed by atoms with Crippen LogP contribution in [0.3, 0.4) is 0 Å². The molecule has 0 bridgehead atoms. The fraction of sp³-hybridized carbons (Fsp3) is 0.385. The molecule has 6 heteroatoms. The maximum atomic E-state index is 13.1. The summed E-state index contributed by atoms with van der Waals surface area (Å²) in [6.07, 6.45) is 1.87. The molecule has 1 aromatic carbocycles. The van der Waals surface area contributed by atoms with Gasteiger partial charge < -0.3 is 4.90 Å². The van der Waals surface area contributed by atoms with Crippen LogP contribution in [0.25, 0.3) is 0 Å². The van der Waals surface area contributed by atoms with E-state index in [9.17, 15) is 18.0 Å². The van der Waals surface area contributed by atoms with Gasteiger partial charge in [-0.2, -0.15) is 5.26 Å². The molecule has 1 saturated carbocycles. The van der Waals surface area contributed by atoms with Crippen LogP contribution < -0.4 is 0 Å². The minimum absolute atomic E-state index is 0.305. The topological polar surface area (TPSA) is 44.1 Å². The summed E-state index contributed by atoms with van der Waals surface area (Å²) in [5.74, 6) is -5.15. The van der Waals surface area contributed by atoms with Gasteiger partial charge >= 0.3 is 0 Å². The Balaban J connectivity index is 2.33. The van der Waals surface area contributed by atoms with E-state index in [1.54, 1.807) is 0 Å². The van der Waals surface area contributed by atoms with Crippen LogP contribution in [-0.2, 0) is 0 Å². The Morgan fingerprint density at radius 1 is 1.32 bits per heavy atom. The van der Waals surface area contributed by atoms with Crippen molar-refractivity contribution in [1.82, 2.24) is 4.90 Å². The highest BCUT2D eigenvalue weighted by atomic mass is 19.2. The second-order valence-corrected chi connectivity index (χ2v) is 4.61. The molecule has 3 nitrogen and oxygen atoms in total. The van der Waals surface area contributed by atoms with Crippen LogP contribution in [0.2, 0.25) is 0 Å². The van der Waals surface area contributed by atoms with Crippen LogP contribution in [0.5, 0.6) is 0 Å². The molecule has 100 valence electrons. The largest absolute Gasteiger partial charge is 0.323 e. The zero-order valence-electron chi connectivity index (χ0n) is 10.2. The van der Waals surface area contributed by atoms with Gasteiger partial charge in [0.25, 0.3) is 5.91 Å². The quantitative estimate of drug-likeness (QED) is 0.774. The van der Waals surface area contributed by atoms with E-state index in [1.165, 1.54) is 11.9 Å². The summed E-state index contributed by atoms with van der Waals surface area (Å²) in [7, 11) is 1.41. The smallest absolute Gasteiger partial charge is 0.255 e. The van der Waals surface area contributed by atoms with Crippen LogP contribution in [0, 0.1) is 28.8 Å². The number of amides is 1. The maximum absolute atomic E-state index is 13.1. The molecule has 1 amide bonds. The first-order chi connectivity index (χ1) is 8.91. The zero-order valence-corrected chi connectivity index (χ0v) is 10.2. The Bertz CT molecular complexity index is 553. The lowest BCUT2D eigenvalue weighted by Gasteiger charge is -2.42. The maximum Gasteiger partial charge on any atom is 0.255 e. The molecule has 0 atom stereocenters. The Morgan fingerprint density at radius 3 is 2.21 bits per heavy atom. The summed E-state index contributed by atoms with van der Waals surface area (Å²) >= 11 is 0. The minimum atomic E-state index is -1.61. The highest BCUT2D eigenvalue weighted by molar-refractivity contribution is 5.95. The first kappa shape index (κ1) is 13.4. The van der Waals surface area contributed by atoms with Gasteiger partial charge in [0, 0.05) is 12.6 Å². The average Bonchev–Trinajstić information content (AvgIpc) is 2.33. The molecule has 19 heavy (non-hydrogen) atoms. The van der Waals surface area contributed by atoms with E-state index in [0.717, 1.165) is 6.42 Å². The molecule has 2 rings (SSSR count). The zero-order chi connectivity index (χ0) is 14.2. The lowest BCUT2D eigenvalue weighted by molar-refractivity contribution is 0.0496. The molecule has 1 fully saturated rings. The van der Waals surface area contributed by atoms with Crippen molar-refractivity contribution < 1.29 is 18.0 Å². The molecule has 0 saturated heterocycles.